The standard InChI is InChI=1S/C23H22N4O3S/c1-14-7-5-6-8-16(14)22(28)25-21-12-17(26-27(21)2)23-24-18(13-31-23)15-9-10-19(29-3)20(11-15)30-4/h5-13H,1-4H3,(H,25,28). The quantitative estimate of drug-likeness (QED) is 0.472. The molecule has 2 aromatic heterocycles. The van der Waals surface area contributed by atoms with Gasteiger partial charge in [-0.2, -0.15) is 5.10 Å². The number of nitrogens with zero attached hydrogens (tertiary/aromatic N) is 3. The Balaban J connectivity index is 1.58. The minimum Gasteiger partial charge on any atom is -0.493 e. The number of hydrogen-bond donors (Lipinski definition) is 1. The summed E-state index contributed by atoms with van der Waals surface area (Å²) in [5, 5.41) is 10.2. The summed E-state index contributed by atoms with van der Waals surface area (Å²) in [4.78, 5) is 17.4. The Kier molecular flexibility index (Phi) is 5.73. The second-order valence-electron chi connectivity index (χ2n) is 6.92. The number of amides is 1. The number of carbonyl (C=O) groups excluding carboxylic acids is 1. The normalized spacial score (nSPS) is 10.7. The van der Waals surface area contributed by atoms with Crippen LogP contribution in [0.15, 0.2) is 53.9 Å². The molecule has 158 valence electrons. The van der Waals surface area contributed by atoms with Crippen molar-refractivity contribution >= 4 is 23.1 Å². The van der Waals surface area contributed by atoms with Crippen LogP contribution in [0.2, 0.25) is 0 Å². The van der Waals surface area contributed by atoms with Crippen LogP contribution in [0.1, 0.15) is 15.9 Å². The lowest BCUT2D eigenvalue weighted by Crippen LogP contribution is -2.15. The number of benzene rings is 2. The van der Waals surface area contributed by atoms with Gasteiger partial charge in [0.1, 0.15) is 16.5 Å². The van der Waals surface area contributed by atoms with Gasteiger partial charge in [0, 0.05) is 29.6 Å². The van der Waals surface area contributed by atoms with Crippen LogP contribution in [0.25, 0.3) is 22.0 Å². The summed E-state index contributed by atoms with van der Waals surface area (Å²) in [6.45, 7) is 1.91. The molecule has 2 heterocycles. The maximum absolute atomic E-state index is 12.6. The molecular formula is C23H22N4O3S. The van der Waals surface area contributed by atoms with E-state index in [9.17, 15) is 4.79 Å². The van der Waals surface area contributed by atoms with Crippen molar-refractivity contribution in [2.75, 3.05) is 19.5 Å². The summed E-state index contributed by atoms with van der Waals surface area (Å²) in [6.07, 6.45) is 0. The van der Waals surface area contributed by atoms with E-state index >= 15 is 0 Å². The monoisotopic (exact) mass is 434 g/mol. The van der Waals surface area contributed by atoms with Crippen LogP contribution >= 0.6 is 11.3 Å². The van der Waals surface area contributed by atoms with E-state index in [1.165, 1.54) is 11.3 Å². The van der Waals surface area contributed by atoms with Gasteiger partial charge in [0.15, 0.2) is 11.5 Å². The smallest absolute Gasteiger partial charge is 0.257 e. The van der Waals surface area contributed by atoms with Gasteiger partial charge in [-0.3, -0.25) is 9.48 Å². The van der Waals surface area contributed by atoms with Crippen molar-refractivity contribution < 1.29 is 14.3 Å². The summed E-state index contributed by atoms with van der Waals surface area (Å²) < 4.78 is 12.3. The zero-order valence-corrected chi connectivity index (χ0v) is 18.5. The maximum Gasteiger partial charge on any atom is 0.257 e. The SMILES string of the molecule is COc1ccc(-c2csc(-c3cc(NC(=O)c4ccccc4C)n(C)n3)n2)cc1OC. The molecule has 4 aromatic rings. The van der Waals surface area contributed by atoms with E-state index in [2.05, 4.69) is 10.4 Å². The fourth-order valence-corrected chi connectivity index (χ4v) is 4.00. The van der Waals surface area contributed by atoms with Crippen LogP contribution in [0.4, 0.5) is 5.82 Å². The summed E-state index contributed by atoms with van der Waals surface area (Å²) in [7, 11) is 5.00. The second-order valence-corrected chi connectivity index (χ2v) is 7.77. The summed E-state index contributed by atoms with van der Waals surface area (Å²) in [6, 6.07) is 15.0. The molecule has 0 aliphatic rings. The number of carbonyl (C=O) groups is 1. The highest BCUT2D eigenvalue weighted by Crippen LogP contribution is 2.34. The van der Waals surface area contributed by atoms with Crippen molar-refractivity contribution in [3.05, 3.63) is 65.0 Å². The van der Waals surface area contributed by atoms with Gasteiger partial charge >= 0.3 is 0 Å². The lowest BCUT2D eigenvalue weighted by atomic mass is 10.1. The summed E-state index contributed by atoms with van der Waals surface area (Å²) in [5.74, 6) is 1.75. The molecule has 0 atom stereocenters. The van der Waals surface area contributed by atoms with Gasteiger partial charge in [-0.25, -0.2) is 4.98 Å². The van der Waals surface area contributed by atoms with Gasteiger partial charge in [0.05, 0.1) is 19.9 Å². The Morgan fingerprint density at radius 2 is 1.81 bits per heavy atom. The van der Waals surface area contributed by atoms with E-state index in [1.807, 2.05) is 54.8 Å². The molecule has 0 spiro atoms. The number of ether oxygens (including phenoxy) is 2. The third kappa shape index (κ3) is 4.15. The highest BCUT2D eigenvalue weighted by molar-refractivity contribution is 7.13. The molecule has 0 aliphatic heterocycles. The molecule has 1 N–H and O–H groups in total. The average molecular weight is 435 g/mol. The molecule has 0 saturated heterocycles. The van der Waals surface area contributed by atoms with Gasteiger partial charge < -0.3 is 14.8 Å². The molecule has 1 amide bonds. The fourth-order valence-electron chi connectivity index (χ4n) is 3.22. The zero-order chi connectivity index (χ0) is 22.0. The third-order valence-electron chi connectivity index (χ3n) is 4.91. The van der Waals surface area contributed by atoms with Gasteiger partial charge in [-0.15, -0.1) is 11.3 Å². The summed E-state index contributed by atoms with van der Waals surface area (Å²) >= 11 is 1.49. The first-order valence-corrected chi connectivity index (χ1v) is 10.5. The van der Waals surface area contributed by atoms with E-state index in [4.69, 9.17) is 14.5 Å². The lowest BCUT2D eigenvalue weighted by Gasteiger charge is -2.08. The Bertz CT molecular complexity index is 1250. The van der Waals surface area contributed by atoms with Crippen LogP contribution in [0.5, 0.6) is 11.5 Å². The van der Waals surface area contributed by atoms with Crippen LogP contribution < -0.4 is 14.8 Å². The molecule has 4 rings (SSSR count). The van der Waals surface area contributed by atoms with Gasteiger partial charge in [-0.1, -0.05) is 18.2 Å². The lowest BCUT2D eigenvalue weighted by molar-refractivity contribution is 0.102. The Hall–Kier alpha value is -3.65. The number of thiazole rings is 1. The van der Waals surface area contributed by atoms with Crippen molar-refractivity contribution in [3.8, 4) is 33.5 Å². The Morgan fingerprint density at radius 1 is 1.03 bits per heavy atom. The second kappa shape index (κ2) is 8.61. The molecule has 0 saturated carbocycles. The van der Waals surface area contributed by atoms with Crippen LogP contribution in [0.3, 0.4) is 0 Å². The van der Waals surface area contributed by atoms with Gasteiger partial charge in [0.2, 0.25) is 0 Å². The molecule has 0 unspecified atom stereocenters. The Morgan fingerprint density at radius 3 is 2.55 bits per heavy atom. The topological polar surface area (TPSA) is 78.3 Å². The van der Waals surface area contributed by atoms with Crippen molar-refractivity contribution in [3.63, 3.8) is 0 Å². The van der Waals surface area contributed by atoms with Crippen LogP contribution in [-0.2, 0) is 7.05 Å². The van der Waals surface area contributed by atoms with Gasteiger partial charge in [-0.05, 0) is 36.8 Å². The van der Waals surface area contributed by atoms with E-state index in [0.29, 0.717) is 28.6 Å². The molecule has 8 heteroatoms. The number of nitrogens with one attached hydrogen (secondary N) is 1. The first-order valence-electron chi connectivity index (χ1n) is 9.59. The highest BCUT2D eigenvalue weighted by Gasteiger charge is 2.16. The van der Waals surface area contributed by atoms with E-state index in [0.717, 1.165) is 21.8 Å². The van der Waals surface area contributed by atoms with Crippen LogP contribution in [-0.4, -0.2) is 34.9 Å². The molecule has 0 radical (unpaired) electrons. The number of anilines is 1. The number of aryl methyl sites for hydroxylation is 2. The van der Waals surface area contributed by atoms with Gasteiger partial charge in [0.25, 0.3) is 5.91 Å². The van der Waals surface area contributed by atoms with Crippen LogP contribution in [0, 0.1) is 6.92 Å². The maximum atomic E-state index is 12.6. The third-order valence-corrected chi connectivity index (χ3v) is 5.78. The molecule has 0 bridgehead atoms. The number of methoxy groups -OCH3 is 2. The van der Waals surface area contributed by atoms with Crippen molar-refractivity contribution in [1.29, 1.82) is 0 Å². The molecule has 0 fully saturated rings. The van der Waals surface area contributed by atoms with Crippen molar-refractivity contribution in [2.24, 2.45) is 7.05 Å². The van der Waals surface area contributed by atoms with E-state index in [1.54, 1.807) is 32.0 Å². The van der Waals surface area contributed by atoms with E-state index < -0.39 is 0 Å². The molecule has 0 aliphatic carbocycles. The summed E-state index contributed by atoms with van der Waals surface area (Å²) in [5.41, 5.74) is 3.98. The van der Waals surface area contributed by atoms with Crippen molar-refractivity contribution in [1.82, 2.24) is 14.8 Å². The first-order chi connectivity index (χ1) is 15.0. The molecule has 7 nitrogen and oxygen atoms in total. The molecule has 31 heavy (non-hydrogen) atoms. The average Bonchev–Trinajstić information content (AvgIpc) is 3.41. The number of aromatic nitrogens is 3. The Labute approximate surface area is 184 Å². The highest BCUT2D eigenvalue weighted by atomic mass is 32.1. The largest absolute Gasteiger partial charge is 0.493 e. The minimum absolute atomic E-state index is 0.169. The fraction of sp³-hybridized carbons (Fsp3) is 0.174. The number of hydrogen-bond acceptors (Lipinski definition) is 6. The molecular weight excluding hydrogens is 412 g/mol. The predicted octanol–water partition coefficient (Wildman–Crippen LogP) is 4.79. The first kappa shape index (κ1) is 20.6. The number of rotatable bonds is 6. The predicted molar refractivity (Wildman–Crippen MR) is 122 cm³/mol. The minimum atomic E-state index is -0.169. The molecule has 2 aromatic carbocycles. The zero-order valence-electron chi connectivity index (χ0n) is 17.7. The van der Waals surface area contributed by atoms with E-state index in [-0.39, 0.29) is 5.91 Å². The van der Waals surface area contributed by atoms with Crippen molar-refractivity contribution in [2.45, 2.75) is 6.92 Å².